The Hall–Kier alpha value is -1.43. The van der Waals surface area contributed by atoms with Crippen molar-refractivity contribution >= 4 is 17.3 Å². The lowest BCUT2D eigenvalue weighted by molar-refractivity contribution is 0.412. The lowest BCUT2D eigenvalue weighted by Gasteiger charge is -2.22. The van der Waals surface area contributed by atoms with Crippen molar-refractivity contribution < 1.29 is 0 Å². The summed E-state index contributed by atoms with van der Waals surface area (Å²) in [5, 5.41) is 13.1. The Kier molecular flexibility index (Phi) is 2.44. The largest absolute Gasteiger partial charge is 0.367 e. The van der Waals surface area contributed by atoms with Gasteiger partial charge in [-0.2, -0.15) is 0 Å². The van der Waals surface area contributed by atoms with Crippen LogP contribution in [0.2, 0.25) is 0 Å². The standard InChI is InChI=1S/C9H13N5S/c1-9(2,7-4-3-5-15-7)6-14-8(10)11-12-13-14/h3-5H,6H2,1-2H3,(H2,10,11,13). The van der Waals surface area contributed by atoms with Crippen LogP contribution in [0, 0.1) is 0 Å². The first-order chi connectivity index (χ1) is 7.09. The highest BCUT2D eigenvalue weighted by Gasteiger charge is 2.23. The molecular weight excluding hydrogens is 210 g/mol. The Morgan fingerprint density at radius 1 is 1.53 bits per heavy atom. The SMILES string of the molecule is CC(C)(Cn1nnnc1N)c1cccs1. The molecule has 0 unspecified atom stereocenters. The van der Waals surface area contributed by atoms with E-state index in [1.807, 2.05) is 6.07 Å². The molecule has 0 aromatic carbocycles. The van der Waals surface area contributed by atoms with E-state index in [0.29, 0.717) is 12.5 Å². The van der Waals surface area contributed by atoms with Gasteiger partial charge in [-0.25, -0.2) is 4.68 Å². The summed E-state index contributed by atoms with van der Waals surface area (Å²) in [4.78, 5) is 1.30. The molecule has 0 radical (unpaired) electrons. The molecule has 2 heterocycles. The van der Waals surface area contributed by atoms with Gasteiger partial charge in [-0.15, -0.1) is 11.3 Å². The van der Waals surface area contributed by atoms with E-state index in [9.17, 15) is 0 Å². The highest BCUT2D eigenvalue weighted by atomic mass is 32.1. The van der Waals surface area contributed by atoms with Gasteiger partial charge in [-0.3, -0.25) is 0 Å². The van der Waals surface area contributed by atoms with Crippen LogP contribution in [0.5, 0.6) is 0 Å². The maximum Gasteiger partial charge on any atom is 0.240 e. The van der Waals surface area contributed by atoms with E-state index in [1.54, 1.807) is 16.0 Å². The monoisotopic (exact) mass is 223 g/mol. The molecule has 0 spiro atoms. The van der Waals surface area contributed by atoms with Crippen LogP contribution in [0.3, 0.4) is 0 Å². The summed E-state index contributed by atoms with van der Waals surface area (Å²) in [6, 6.07) is 4.16. The summed E-state index contributed by atoms with van der Waals surface area (Å²) < 4.78 is 1.62. The van der Waals surface area contributed by atoms with Gasteiger partial charge >= 0.3 is 0 Å². The second-order valence-corrected chi connectivity index (χ2v) is 5.00. The number of thiophene rings is 1. The molecule has 0 aliphatic heterocycles. The van der Waals surface area contributed by atoms with E-state index in [0.717, 1.165) is 0 Å². The number of tetrazole rings is 1. The third-order valence-corrected chi connectivity index (χ3v) is 3.53. The van der Waals surface area contributed by atoms with Crippen molar-refractivity contribution in [1.29, 1.82) is 0 Å². The molecule has 80 valence electrons. The number of hydrogen-bond donors (Lipinski definition) is 1. The van der Waals surface area contributed by atoms with Gasteiger partial charge < -0.3 is 5.73 Å². The van der Waals surface area contributed by atoms with Crippen molar-refractivity contribution in [3.05, 3.63) is 22.4 Å². The molecule has 5 nitrogen and oxygen atoms in total. The fourth-order valence-electron chi connectivity index (χ4n) is 1.44. The van der Waals surface area contributed by atoms with Gasteiger partial charge in [-0.05, 0) is 21.9 Å². The maximum absolute atomic E-state index is 5.63. The number of nitrogen functional groups attached to an aromatic ring is 1. The minimum atomic E-state index is -0.00231. The van der Waals surface area contributed by atoms with Crippen LogP contribution >= 0.6 is 11.3 Å². The molecule has 2 aromatic rings. The molecule has 0 aliphatic carbocycles. The van der Waals surface area contributed by atoms with Crippen molar-refractivity contribution in [3.8, 4) is 0 Å². The van der Waals surface area contributed by atoms with Gasteiger partial charge in [0.15, 0.2) is 0 Å². The maximum atomic E-state index is 5.63. The normalized spacial score (nSPS) is 11.9. The van der Waals surface area contributed by atoms with Crippen LogP contribution in [0.25, 0.3) is 0 Å². The van der Waals surface area contributed by atoms with Crippen LogP contribution in [0.4, 0.5) is 5.95 Å². The minimum Gasteiger partial charge on any atom is -0.367 e. The Balaban J connectivity index is 2.22. The molecule has 0 atom stereocenters. The molecule has 0 amide bonds. The quantitative estimate of drug-likeness (QED) is 0.851. The zero-order chi connectivity index (χ0) is 10.9. The van der Waals surface area contributed by atoms with Gasteiger partial charge in [0.25, 0.3) is 0 Å². The van der Waals surface area contributed by atoms with Crippen molar-refractivity contribution in [1.82, 2.24) is 20.2 Å². The fourth-order valence-corrected chi connectivity index (χ4v) is 2.28. The minimum absolute atomic E-state index is 0.00231. The lowest BCUT2D eigenvalue weighted by Crippen LogP contribution is -2.25. The van der Waals surface area contributed by atoms with E-state index in [-0.39, 0.29) is 5.41 Å². The molecule has 2 N–H and O–H groups in total. The number of aromatic nitrogens is 4. The third kappa shape index (κ3) is 1.99. The second-order valence-electron chi connectivity index (χ2n) is 4.06. The predicted molar refractivity (Wildman–Crippen MR) is 59.6 cm³/mol. The Morgan fingerprint density at radius 3 is 2.87 bits per heavy atom. The molecule has 6 heteroatoms. The Bertz CT molecular complexity index is 431. The summed E-state index contributed by atoms with van der Waals surface area (Å²) in [5.41, 5.74) is 5.63. The van der Waals surface area contributed by atoms with Crippen LogP contribution in [-0.4, -0.2) is 20.2 Å². The zero-order valence-electron chi connectivity index (χ0n) is 8.71. The molecule has 0 bridgehead atoms. The molecule has 0 fully saturated rings. The summed E-state index contributed by atoms with van der Waals surface area (Å²) in [5.74, 6) is 0.361. The van der Waals surface area contributed by atoms with Gasteiger partial charge in [0.1, 0.15) is 0 Å². The zero-order valence-corrected chi connectivity index (χ0v) is 9.53. The third-order valence-electron chi connectivity index (χ3n) is 2.29. The summed E-state index contributed by atoms with van der Waals surface area (Å²) >= 11 is 1.73. The molecule has 0 aliphatic rings. The van der Waals surface area contributed by atoms with Crippen molar-refractivity contribution in [2.75, 3.05) is 5.73 Å². The second kappa shape index (κ2) is 3.62. The first-order valence-corrected chi connectivity index (χ1v) is 5.53. The molecule has 15 heavy (non-hydrogen) atoms. The average Bonchev–Trinajstić information content (AvgIpc) is 2.77. The molecule has 0 saturated carbocycles. The number of nitrogens with zero attached hydrogens (tertiary/aromatic N) is 4. The number of nitrogens with two attached hydrogens (primary N) is 1. The first kappa shape index (κ1) is 10.1. The van der Waals surface area contributed by atoms with Crippen molar-refractivity contribution in [3.63, 3.8) is 0 Å². The van der Waals surface area contributed by atoms with Crippen LogP contribution < -0.4 is 5.73 Å². The number of anilines is 1. The lowest BCUT2D eigenvalue weighted by atomic mass is 9.91. The van der Waals surface area contributed by atoms with Gasteiger partial charge in [0.2, 0.25) is 5.95 Å². The van der Waals surface area contributed by atoms with Crippen molar-refractivity contribution in [2.45, 2.75) is 25.8 Å². The molecule has 2 rings (SSSR count). The van der Waals surface area contributed by atoms with Crippen molar-refractivity contribution in [2.24, 2.45) is 0 Å². The number of hydrogen-bond acceptors (Lipinski definition) is 5. The van der Waals surface area contributed by atoms with E-state index in [4.69, 9.17) is 5.73 Å². The van der Waals surface area contributed by atoms with E-state index in [2.05, 4.69) is 40.8 Å². The van der Waals surface area contributed by atoms with Gasteiger partial charge in [0, 0.05) is 10.3 Å². The number of rotatable bonds is 3. The highest BCUT2D eigenvalue weighted by molar-refractivity contribution is 7.10. The molecular formula is C9H13N5S. The Morgan fingerprint density at radius 2 is 2.33 bits per heavy atom. The van der Waals surface area contributed by atoms with Crippen LogP contribution in [0.1, 0.15) is 18.7 Å². The first-order valence-electron chi connectivity index (χ1n) is 4.65. The predicted octanol–water partition coefficient (Wildman–Crippen LogP) is 1.29. The fraction of sp³-hybridized carbons (Fsp3) is 0.444. The summed E-state index contributed by atoms with van der Waals surface area (Å²) in [7, 11) is 0. The van der Waals surface area contributed by atoms with Gasteiger partial charge in [0.05, 0.1) is 6.54 Å². The smallest absolute Gasteiger partial charge is 0.240 e. The Labute approximate surface area is 91.9 Å². The van der Waals surface area contributed by atoms with E-state index >= 15 is 0 Å². The summed E-state index contributed by atoms with van der Waals surface area (Å²) in [6.07, 6.45) is 0. The summed E-state index contributed by atoms with van der Waals surface area (Å²) in [6.45, 7) is 4.99. The van der Waals surface area contributed by atoms with Crippen LogP contribution in [-0.2, 0) is 12.0 Å². The molecule has 0 saturated heterocycles. The van der Waals surface area contributed by atoms with Crippen LogP contribution in [0.15, 0.2) is 17.5 Å². The van der Waals surface area contributed by atoms with Gasteiger partial charge in [-0.1, -0.05) is 25.0 Å². The van der Waals surface area contributed by atoms with E-state index < -0.39 is 0 Å². The highest BCUT2D eigenvalue weighted by Crippen LogP contribution is 2.29. The van der Waals surface area contributed by atoms with E-state index in [1.165, 1.54) is 4.88 Å². The average molecular weight is 223 g/mol. The molecule has 2 aromatic heterocycles. The topological polar surface area (TPSA) is 69.6 Å².